The quantitative estimate of drug-likeness (QED) is 0.862. The molecule has 0 spiro atoms. The molecule has 3 rings (SSSR count). The Bertz CT molecular complexity index is 595. The summed E-state index contributed by atoms with van der Waals surface area (Å²) in [5.41, 5.74) is 0.948. The standard InChI is InChI=1S/C10H14N2O.C7H15NO2S/c13-10-4-2-1-3-9(10)12-7-5-11-6-8-12;1-2-11(9,10)8-6-4-3-5-7-8/h1-4,11,13H,5-8H2;2-7H2,1H3. The fourth-order valence-corrected chi connectivity index (χ4v) is 4.14. The summed E-state index contributed by atoms with van der Waals surface area (Å²) in [5, 5.41) is 12.9. The van der Waals surface area contributed by atoms with Crippen molar-refractivity contribution in [2.45, 2.75) is 26.2 Å². The number of piperidine rings is 1. The van der Waals surface area contributed by atoms with Crippen LogP contribution < -0.4 is 10.2 Å². The molecule has 2 saturated heterocycles. The largest absolute Gasteiger partial charge is 0.506 e. The molecule has 2 heterocycles. The van der Waals surface area contributed by atoms with Gasteiger partial charge in [0.25, 0.3) is 0 Å². The molecule has 1 aromatic rings. The van der Waals surface area contributed by atoms with Crippen LogP contribution in [0.1, 0.15) is 26.2 Å². The van der Waals surface area contributed by atoms with Gasteiger partial charge in [0.15, 0.2) is 0 Å². The van der Waals surface area contributed by atoms with Crippen LogP contribution in [-0.2, 0) is 10.0 Å². The van der Waals surface area contributed by atoms with E-state index in [1.54, 1.807) is 17.3 Å². The second kappa shape index (κ2) is 9.25. The van der Waals surface area contributed by atoms with Crippen molar-refractivity contribution < 1.29 is 13.5 Å². The predicted octanol–water partition coefficient (Wildman–Crippen LogP) is 1.62. The third-order valence-corrected chi connectivity index (χ3v) is 6.29. The van der Waals surface area contributed by atoms with Gasteiger partial charge in [-0.1, -0.05) is 18.6 Å². The van der Waals surface area contributed by atoms with Gasteiger partial charge in [0.1, 0.15) is 5.75 Å². The first kappa shape index (κ1) is 19.0. The minimum atomic E-state index is -2.89. The zero-order chi connectivity index (χ0) is 17.4. The number of aromatic hydroxyl groups is 1. The number of nitrogens with one attached hydrogen (secondary N) is 1. The maximum absolute atomic E-state index is 11.3. The van der Waals surface area contributed by atoms with E-state index < -0.39 is 10.0 Å². The first-order chi connectivity index (χ1) is 11.5. The normalized spacial score (nSPS) is 19.5. The van der Waals surface area contributed by atoms with Crippen molar-refractivity contribution in [1.82, 2.24) is 9.62 Å². The lowest BCUT2D eigenvalue weighted by Crippen LogP contribution is -2.43. The average molecular weight is 356 g/mol. The molecular formula is C17H29N3O3S. The van der Waals surface area contributed by atoms with Crippen molar-refractivity contribution in [1.29, 1.82) is 0 Å². The number of hydrogen-bond acceptors (Lipinski definition) is 5. The smallest absolute Gasteiger partial charge is 0.213 e. The molecular weight excluding hydrogens is 326 g/mol. The number of piperazine rings is 1. The zero-order valence-electron chi connectivity index (χ0n) is 14.4. The molecule has 2 aliphatic heterocycles. The Kier molecular flexibility index (Phi) is 7.33. The summed E-state index contributed by atoms with van der Waals surface area (Å²) in [4.78, 5) is 2.20. The van der Waals surface area contributed by atoms with Gasteiger partial charge in [0.2, 0.25) is 10.0 Å². The highest BCUT2D eigenvalue weighted by molar-refractivity contribution is 7.89. The monoisotopic (exact) mass is 355 g/mol. The summed E-state index contributed by atoms with van der Waals surface area (Å²) in [7, 11) is -2.89. The Labute approximate surface area is 145 Å². The Morgan fingerprint density at radius 3 is 2.25 bits per heavy atom. The molecule has 6 nitrogen and oxygen atoms in total. The first-order valence-corrected chi connectivity index (χ1v) is 10.4. The van der Waals surface area contributed by atoms with E-state index in [-0.39, 0.29) is 5.75 Å². The molecule has 136 valence electrons. The van der Waals surface area contributed by atoms with E-state index in [0.29, 0.717) is 5.75 Å². The topological polar surface area (TPSA) is 72.9 Å². The van der Waals surface area contributed by atoms with E-state index in [1.165, 1.54) is 6.42 Å². The van der Waals surface area contributed by atoms with Gasteiger partial charge in [-0.2, -0.15) is 0 Å². The summed E-state index contributed by atoms with van der Waals surface area (Å²) in [6.45, 7) is 7.09. The van der Waals surface area contributed by atoms with Crippen LogP contribution in [0.15, 0.2) is 24.3 Å². The molecule has 7 heteroatoms. The van der Waals surface area contributed by atoms with Crippen LogP contribution in [0.25, 0.3) is 0 Å². The number of phenolic OH excluding ortho intramolecular Hbond substituents is 1. The third kappa shape index (κ3) is 5.36. The summed E-state index contributed by atoms with van der Waals surface area (Å²) in [6.07, 6.45) is 3.23. The van der Waals surface area contributed by atoms with E-state index in [9.17, 15) is 13.5 Å². The number of benzene rings is 1. The number of nitrogens with zero attached hydrogens (tertiary/aromatic N) is 2. The van der Waals surface area contributed by atoms with Crippen LogP contribution in [0, 0.1) is 0 Å². The third-order valence-electron chi connectivity index (χ3n) is 4.41. The molecule has 2 fully saturated rings. The Morgan fingerprint density at radius 1 is 1.04 bits per heavy atom. The highest BCUT2D eigenvalue weighted by Gasteiger charge is 2.21. The summed E-state index contributed by atoms with van der Waals surface area (Å²) in [6, 6.07) is 7.50. The maximum atomic E-state index is 11.3. The molecule has 0 aromatic heterocycles. The van der Waals surface area contributed by atoms with E-state index in [1.807, 2.05) is 18.2 Å². The lowest BCUT2D eigenvalue weighted by atomic mass is 10.2. The summed E-state index contributed by atoms with van der Waals surface area (Å²) < 4.78 is 24.2. The van der Waals surface area contributed by atoms with Crippen LogP contribution in [0.3, 0.4) is 0 Å². The van der Waals surface area contributed by atoms with Gasteiger partial charge in [0.05, 0.1) is 11.4 Å². The van der Waals surface area contributed by atoms with Gasteiger partial charge in [-0.3, -0.25) is 0 Å². The van der Waals surface area contributed by atoms with Gasteiger partial charge >= 0.3 is 0 Å². The highest BCUT2D eigenvalue weighted by atomic mass is 32.2. The number of phenols is 1. The van der Waals surface area contributed by atoms with Crippen LogP contribution >= 0.6 is 0 Å². The summed E-state index contributed by atoms with van der Waals surface area (Å²) >= 11 is 0. The van der Waals surface area contributed by atoms with Gasteiger partial charge in [-0.05, 0) is 31.9 Å². The average Bonchev–Trinajstić information content (AvgIpc) is 2.64. The predicted molar refractivity (Wildman–Crippen MR) is 98.1 cm³/mol. The van der Waals surface area contributed by atoms with Crippen LogP contribution in [0.4, 0.5) is 5.69 Å². The highest BCUT2D eigenvalue weighted by Crippen LogP contribution is 2.26. The van der Waals surface area contributed by atoms with E-state index in [4.69, 9.17) is 0 Å². The van der Waals surface area contributed by atoms with Gasteiger partial charge in [-0.25, -0.2) is 12.7 Å². The fraction of sp³-hybridized carbons (Fsp3) is 0.647. The molecule has 0 radical (unpaired) electrons. The molecule has 2 aliphatic rings. The van der Waals surface area contributed by atoms with E-state index in [0.717, 1.165) is 57.8 Å². The second-order valence-electron chi connectivity index (χ2n) is 6.09. The van der Waals surface area contributed by atoms with Gasteiger partial charge < -0.3 is 15.3 Å². The molecule has 1 aromatic carbocycles. The molecule has 0 bridgehead atoms. The molecule has 0 amide bonds. The van der Waals surface area contributed by atoms with Crippen LogP contribution in [0.5, 0.6) is 5.75 Å². The molecule has 2 N–H and O–H groups in total. The van der Waals surface area contributed by atoms with Crippen molar-refractivity contribution in [2.75, 3.05) is 49.9 Å². The lowest BCUT2D eigenvalue weighted by Gasteiger charge is -2.29. The summed E-state index contributed by atoms with van der Waals surface area (Å²) in [5.74, 6) is 0.622. The number of sulfonamides is 1. The zero-order valence-corrected chi connectivity index (χ0v) is 15.3. The lowest BCUT2D eigenvalue weighted by molar-refractivity contribution is 0.347. The molecule has 0 unspecified atom stereocenters. The SMILES string of the molecule is CCS(=O)(=O)N1CCCCC1.Oc1ccccc1N1CCNCC1. The minimum absolute atomic E-state index is 0.243. The van der Waals surface area contributed by atoms with Crippen LogP contribution in [0.2, 0.25) is 0 Å². The van der Waals surface area contributed by atoms with Crippen molar-refractivity contribution in [3.63, 3.8) is 0 Å². The Hall–Kier alpha value is -1.31. The maximum Gasteiger partial charge on any atom is 0.213 e. The molecule has 24 heavy (non-hydrogen) atoms. The Morgan fingerprint density at radius 2 is 1.67 bits per heavy atom. The molecule has 0 atom stereocenters. The van der Waals surface area contributed by atoms with Crippen molar-refractivity contribution >= 4 is 15.7 Å². The Balaban J connectivity index is 0.000000177. The fourth-order valence-electron chi connectivity index (χ4n) is 2.96. The van der Waals surface area contributed by atoms with E-state index in [2.05, 4.69) is 10.2 Å². The van der Waals surface area contributed by atoms with Crippen molar-refractivity contribution in [2.24, 2.45) is 0 Å². The molecule has 0 saturated carbocycles. The number of anilines is 1. The molecule has 0 aliphatic carbocycles. The second-order valence-corrected chi connectivity index (χ2v) is 8.34. The first-order valence-electron chi connectivity index (χ1n) is 8.76. The number of rotatable bonds is 3. The van der Waals surface area contributed by atoms with Crippen molar-refractivity contribution in [3.05, 3.63) is 24.3 Å². The number of hydrogen-bond donors (Lipinski definition) is 2. The van der Waals surface area contributed by atoms with Crippen LogP contribution in [-0.4, -0.2) is 62.9 Å². The number of para-hydroxylation sites is 2. The van der Waals surface area contributed by atoms with E-state index >= 15 is 0 Å². The van der Waals surface area contributed by atoms with Gasteiger partial charge in [-0.15, -0.1) is 0 Å². The van der Waals surface area contributed by atoms with Gasteiger partial charge in [0, 0.05) is 39.3 Å². The minimum Gasteiger partial charge on any atom is -0.506 e. The van der Waals surface area contributed by atoms with Crippen molar-refractivity contribution in [3.8, 4) is 5.75 Å².